The van der Waals surface area contributed by atoms with Crippen LogP contribution in [0.3, 0.4) is 0 Å². The van der Waals surface area contributed by atoms with Gasteiger partial charge in [0.15, 0.2) is 0 Å². The van der Waals surface area contributed by atoms with E-state index >= 15 is 0 Å². The zero-order valence-electron chi connectivity index (χ0n) is 9.89. The molecule has 0 saturated heterocycles. The van der Waals surface area contributed by atoms with E-state index in [1.165, 1.54) is 19.3 Å². The maximum Gasteiger partial charge on any atom is 0.142 e. The number of nitriles is 1. The van der Waals surface area contributed by atoms with Crippen molar-refractivity contribution < 1.29 is 0 Å². The van der Waals surface area contributed by atoms with Crippen LogP contribution in [0.25, 0.3) is 0 Å². The highest BCUT2D eigenvalue weighted by molar-refractivity contribution is 5.39. The highest BCUT2D eigenvalue weighted by Gasteiger charge is 2.23. The Kier molecular flexibility index (Phi) is 3.94. The number of hydrogen-bond acceptors (Lipinski definition) is 4. The lowest BCUT2D eigenvalue weighted by atomic mass is 9.84. The fourth-order valence-corrected chi connectivity index (χ4v) is 2.45. The molecule has 1 aromatic heterocycles. The average Bonchev–Trinajstić information content (AvgIpc) is 2.39. The first kappa shape index (κ1) is 11.9. The SMILES string of the molecule is N#Cc1cccc(NC2CCCCC2CN)n1. The summed E-state index contributed by atoms with van der Waals surface area (Å²) >= 11 is 0. The van der Waals surface area contributed by atoms with E-state index in [1.807, 2.05) is 12.1 Å². The first-order valence-corrected chi connectivity index (χ1v) is 6.17. The van der Waals surface area contributed by atoms with Gasteiger partial charge in [-0.2, -0.15) is 5.26 Å². The number of nitrogens with two attached hydrogens (primary N) is 1. The van der Waals surface area contributed by atoms with Crippen molar-refractivity contribution in [1.82, 2.24) is 4.98 Å². The Morgan fingerprint density at radius 2 is 2.24 bits per heavy atom. The number of rotatable bonds is 3. The molecular formula is C13H18N4. The summed E-state index contributed by atoms with van der Waals surface area (Å²) in [7, 11) is 0. The topological polar surface area (TPSA) is 74.7 Å². The van der Waals surface area contributed by atoms with E-state index in [9.17, 15) is 0 Å². The van der Waals surface area contributed by atoms with Crippen LogP contribution < -0.4 is 11.1 Å². The molecule has 1 heterocycles. The van der Waals surface area contributed by atoms with Crippen LogP contribution in [-0.4, -0.2) is 17.6 Å². The predicted octanol–water partition coefficient (Wildman–Crippen LogP) is 1.88. The van der Waals surface area contributed by atoms with Crippen molar-refractivity contribution in [2.75, 3.05) is 11.9 Å². The minimum Gasteiger partial charge on any atom is -0.367 e. The predicted molar refractivity (Wildman–Crippen MR) is 67.4 cm³/mol. The van der Waals surface area contributed by atoms with Crippen LogP contribution in [0.5, 0.6) is 0 Å². The average molecular weight is 230 g/mol. The number of pyridine rings is 1. The molecule has 1 aliphatic rings. The van der Waals surface area contributed by atoms with Crippen LogP contribution in [0.1, 0.15) is 31.4 Å². The first-order valence-electron chi connectivity index (χ1n) is 6.17. The van der Waals surface area contributed by atoms with Crippen molar-refractivity contribution in [3.8, 4) is 6.07 Å². The van der Waals surface area contributed by atoms with E-state index in [4.69, 9.17) is 11.0 Å². The van der Waals surface area contributed by atoms with Crippen LogP contribution in [0.15, 0.2) is 18.2 Å². The first-order chi connectivity index (χ1) is 8.33. The zero-order valence-corrected chi connectivity index (χ0v) is 9.89. The van der Waals surface area contributed by atoms with E-state index in [-0.39, 0.29) is 0 Å². The normalized spacial score (nSPS) is 24.0. The second kappa shape index (κ2) is 5.65. The molecule has 1 saturated carbocycles. The molecule has 17 heavy (non-hydrogen) atoms. The summed E-state index contributed by atoms with van der Waals surface area (Å²) in [5.41, 5.74) is 6.24. The maximum atomic E-state index is 8.81. The lowest BCUT2D eigenvalue weighted by molar-refractivity contribution is 0.332. The molecule has 3 N–H and O–H groups in total. The van der Waals surface area contributed by atoms with Crippen LogP contribution in [0, 0.1) is 17.2 Å². The van der Waals surface area contributed by atoms with Gasteiger partial charge in [0.1, 0.15) is 17.6 Å². The largest absolute Gasteiger partial charge is 0.367 e. The summed E-state index contributed by atoms with van der Waals surface area (Å²) < 4.78 is 0. The molecule has 2 rings (SSSR count). The van der Waals surface area contributed by atoms with Crippen LogP contribution >= 0.6 is 0 Å². The van der Waals surface area contributed by atoms with Crippen molar-refractivity contribution in [2.24, 2.45) is 11.7 Å². The summed E-state index contributed by atoms with van der Waals surface area (Å²) in [5.74, 6) is 1.31. The molecule has 0 radical (unpaired) electrons. The molecular weight excluding hydrogens is 212 g/mol. The van der Waals surface area contributed by atoms with Gasteiger partial charge in [0, 0.05) is 6.04 Å². The molecule has 2 atom stereocenters. The molecule has 1 aromatic rings. The second-order valence-corrected chi connectivity index (χ2v) is 4.55. The Balaban J connectivity index is 2.06. The molecule has 0 amide bonds. The van der Waals surface area contributed by atoms with Crippen molar-refractivity contribution in [3.63, 3.8) is 0 Å². The van der Waals surface area contributed by atoms with Gasteiger partial charge in [0.05, 0.1) is 0 Å². The highest BCUT2D eigenvalue weighted by Crippen LogP contribution is 2.26. The van der Waals surface area contributed by atoms with E-state index < -0.39 is 0 Å². The van der Waals surface area contributed by atoms with Gasteiger partial charge in [-0.3, -0.25) is 0 Å². The zero-order chi connectivity index (χ0) is 12.1. The van der Waals surface area contributed by atoms with Crippen LogP contribution in [0.2, 0.25) is 0 Å². The van der Waals surface area contributed by atoms with E-state index in [2.05, 4.69) is 16.4 Å². The van der Waals surface area contributed by atoms with Gasteiger partial charge in [-0.1, -0.05) is 18.9 Å². The number of anilines is 1. The lowest BCUT2D eigenvalue weighted by Crippen LogP contribution is -2.36. The van der Waals surface area contributed by atoms with Crippen LogP contribution in [-0.2, 0) is 0 Å². The lowest BCUT2D eigenvalue weighted by Gasteiger charge is -2.31. The van der Waals surface area contributed by atoms with Crippen molar-refractivity contribution in [3.05, 3.63) is 23.9 Å². The molecule has 1 fully saturated rings. The minimum absolute atomic E-state index is 0.398. The van der Waals surface area contributed by atoms with Gasteiger partial charge in [0.25, 0.3) is 0 Å². The second-order valence-electron chi connectivity index (χ2n) is 4.55. The summed E-state index contributed by atoms with van der Waals surface area (Å²) in [5, 5.41) is 12.2. The number of aromatic nitrogens is 1. The third kappa shape index (κ3) is 2.95. The van der Waals surface area contributed by atoms with Gasteiger partial charge in [-0.15, -0.1) is 0 Å². The minimum atomic E-state index is 0.398. The Labute approximate surface area is 102 Å². The summed E-state index contributed by atoms with van der Waals surface area (Å²) in [6.07, 6.45) is 4.84. The van der Waals surface area contributed by atoms with E-state index in [0.717, 1.165) is 18.8 Å². The fraction of sp³-hybridized carbons (Fsp3) is 0.538. The van der Waals surface area contributed by atoms with Gasteiger partial charge in [-0.25, -0.2) is 4.98 Å². The Morgan fingerprint density at radius 3 is 3.00 bits per heavy atom. The van der Waals surface area contributed by atoms with Crippen molar-refractivity contribution in [1.29, 1.82) is 5.26 Å². The van der Waals surface area contributed by atoms with Crippen molar-refractivity contribution >= 4 is 5.82 Å². The quantitative estimate of drug-likeness (QED) is 0.831. The maximum absolute atomic E-state index is 8.81. The van der Waals surface area contributed by atoms with Gasteiger partial charge >= 0.3 is 0 Å². The molecule has 4 nitrogen and oxygen atoms in total. The Hall–Kier alpha value is -1.60. The molecule has 1 aliphatic carbocycles. The van der Waals surface area contributed by atoms with Gasteiger partial charge in [-0.05, 0) is 37.4 Å². The highest BCUT2D eigenvalue weighted by atomic mass is 15.0. The number of nitrogens with zero attached hydrogens (tertiary/aromatic N) is 2. The Morgan fingerprint density at radius 1 is 1.41 bits per heavy atom. The molecule has 2 unspecified atom stereocenters. The van der Waals surface area contributed by atoms with Crippen molar-refractivity contribution in [2.45, 2.75) is 31.7 Å². The molecule has 0 spiro atoms. The Bertz CT molecular complexity index is 410. The molecule has 0 aromatic carbocycles. The smallest absolute Gasteiger partial charge is 0.142 e. The number of hydrogen-bond donors (Lipinski definition) is 2. The monoisotopic (exact) mass is 230 g/mol. The van der Waals surface area contributed by atoms with Crippen LogP contribution in [0.4, 0.5) is 5.82 Å². The summed E-state index contributed by atoms with van der Waals surface area (Å²) in [4.78, 5) is 4.24. The van der Waals surface area contributed by atoms with E-state index in [1.54, 1.807) is 6.07 Å². The molecule has 90 valence electrons. The van der Waals surface area contributed by atoms with E-state index in [0.29, 0.717) is 17.7 Å². The summed E-state index contributed by atoms with van der Waals surface area (Å²) in [6.45, 7) is 0.718. The third-order valence-corrected chi connectivity index (χ3v) is 3.41. The fourth-order valence-electron chi connectivity index (χ4n) is 2.45. The molecule has 4 heteroatoms. The van der Waals surface area contributed by atoms with Gasteiger partial charge in [0.2, 0.25) is 0 Å². The van der Waals surface area contributed by atoms with Gasteiger partial charge < -0.3 is 11.1 Å². The molecule has 0 aliphatic heterocycles. The molecule has 0 bridgehead atoms. The third-order valence-electron chi connectivity index (χ3n) is 3.41. The summed E-state index contributed by atoms with van der Waals surface area (Å²) in [6, 6.07) is 7.93. The number of nitrogens with one attached hydrogen (secondary N) is 1. The standard InChI is InChI=1S/C13H18N4/c14-8-10-4-1-2-6-12(10)17-13-7-3-5-11(9-15)16-13/h3,5,7,10,12H,1-2,4,6,8,14H2,(H,16,17).